The number of hydrogen-bond acceptors (Lipinski definition) is 4. The molecule has 0 aliphatic carbocycles. The Morgan fingerprint density at radius 3 is 2.55 bits per heavy atom. The standard InChI is InChI=1S/C24H20N2O3/c1-15-21(27)19-11-6-12-20(23(19)29-22(15)17-8-4-3-5-9-17)24(28)26-16(2)18-10-7-13-25-14-18/h3-14,16H,1-2H3,(H,26,28). The molecule has 5 heteroatoms. The third kappa shape index (κ3) is 3.55. The summed E-state index contributed by atoms with van der Waals surface area (Å²) in [6.45, 7) is 3.63. The largest absolute Gasteiger partial charge is 0.455 e. The van der Waals surface area contributed by atoms with E-state index in [0.717, 1.165) is 11.1 Å². The lowest BCUT2D eigenvalue weighted by molar-refractivity contribution is 0.0940. The molecular weight excluding hydrogens is 364 g/mol. The van der Waals surface area contributed by atoms with Crippen LogP contribution in [0, 0.1) is 6.92 Å². The van der Waals surface area contributed by atoms with E-state index in [4.69, 9.17) is 4.42 Å². The Hall–Kier alpha value is -3.73. The lowest BCUT2D eigenvalue weighted by atomic mass is 10.0. The summed E-state index contributed by atoms with van der Waals surface area (Å²) >= 11 is 0. The van der Waals surface area contributed by atoms with Crippen molar-refractivity contribution in [2.24, 2.45) is 0 Å². The van der Waals surface area contributed by atoms with Gasteiger partial charge in [-0.25, -0.2) is 0 Å². The first-order valence-electron chi connectivity index (χ1n) is 9.39. The molecule has 0 aliphatic rings. The van der Waals surface area contributed by atoms with E-state index in [9.17, 15) is 9.59 Å². The normalized spacial score (nSPS) is 11.9. The summed E-state index contributed by atoms with van der Waals surface area (Å²) in [7, 11) is 0. The molecule has 0 bridgehead atoms. The van der Waals surface area contributed by atoms with E-state index in [-0.39, 0.29) is 23.0 Å². The highest BCUT2D eigenvalue weighted by Gasteiger charge is 2.19. The minimum Gasteiger partial charge on any atom is -0.455 e. The number of amides is 1. The third-order valence-corrected chi connectivity index (χ3v) is 4.96. The molecular formula is C24H20N2O3. The Kier molecular flexibility index (Phi) is 4.96. The number of nitrogens with one attached hydrogen (secondary N) is 1. The lowest BCUT2D eigenvalue weighted by Crippen LogP contribution is -2.27. The summed E-state index contributed by atoms with van der Waals surface area (Å²) in [5.41, 5.74) is 2.68. The maximum atomic E-state index is 13.0. The van der Waals surface area contributed by atoms with Gasteiger partial charge in [-0.3, -0.25) is 14.6 Å². The van der Waals surface area contributed by atoms with Gasteiger partial charge in [0.2, 0.25) is 0 Å². The smallest absolute Gasteiger partial charge is 0.255 e. The van der Waals surface area contributed by atoms with Gasteiger partial charge >= 0.3 is 0 Å². The van der Waals surface area contributed by atoms with Crippen molar-refractivity contribution in [1.82, 2.24) is 10.3 Å². The highest BCUT2D eigenvalue weighted by atomic mass is 16.3. The molecule has 0 saturated carbocycles. The predicted octanol–water partition coefficient (Wildman–Crippen LogP) is 4.65. The predicted molar refractivity (Wildman–Crippen MR) is 113 cm³/mol. The monoisotopic (exact) mass is 384 g/mol. The number of carbonyl (C=O) groups excluding carboxylic acids is 1. The Morgan fingerprint density at radius 1 is 1.03 bits per heavy atom. The fourth-order valence-corrected chi connectivity index (χ4v) is 3.34. The molecule has 5 nitrogen and oxygen atoms in total. The van der Waals surface area contributed by atoms with Crippen LogP contribution in [0.4, 0.5) is 0 Å². The maximum absolute atomic E-state index is 13.0. The maximum Gasteiger partial charge on any atom is 0.255 e. The van der Waals surface area contributed by atoms with Gasteiger partial charge in [0.05, 0.1) is 17.0 Å². The van der Waals surface area contributed by atoms with Crippen LogP contribution in [0.25, 0.3) is 22.3 Å². The van der Waals surface area contributed by atoms with Crippen LogP contribution in [0.1, 0.15) is 34.5 Å². The van der Waals surface area contributed by atoms with Crippen molar-refractivity contribution in [3.05, 3.63) is 100.0 Å². The molecule has 2 heterocycles. The first kappa shape index (κ1) is 18.6. The van der Waals surface area contributed by atoms with Crippen molar-refractivity contribution in [3.63, 3.8) is 0 Å². The molecule has 29 heavy (non-hydrogen) atoms. The van der Waals surface area contributed by atoms with Crippen molar-refractivity contribution >= 4 is 16.9 Å². The average molecular weight is 384 g/mol. The molecule has 1 N–H and O–H groups in total. The molecule has 0 saturated heterocycles. The molecule has 144 valence electrons. The fourth-order valence-electron chi connectivity index (χ4n) is 3.34. The number of rotatable bonds is 4. The average Bonchev–Trinajstić information content (AvgIpc) is 2.77. The minimum absolute atomic E-state index is 0.139. The van der Waals surface area contributed by atoms with Crippen LogP contribution >= 0.6 is 0 Å². The van der Waals surface area contributed by atoms with Gasteiger partial charge in [0.15, 0.2) is 11.0 Å². The zero-order chi connectivity index (χ0) is 20.4. The van der Waals surface area contributed by atoms with E-state index in [1.807, 2.05) is 49.4 Å². The molecule has 4 aromatic rings. The number of benzene rings is 2. The van der Waals surface area contributed by atoms with Crippen LogP contribution in [0.3, 0.4) is 0 Å². The van der Waals surface area contributed by atoms with Gasteiger partial charge in [-0.15, -0.1) is 0 Å². The summed E-state index contributed by atoms with van der Waals surface area (Å²) in [5.74, 6) is 0.168. The van der Waals surface area contributed by atoms with Crippen molar-refractivity contribution in [2.45, 2.75) is 19.9 Å². The number of aromatic nitrogens is 1. The van der Waals surface area contributed by atoms with Gasteiger partial charge in [0.25, 0.3) is 5.91 Å². The first-order chi connectivity index (χ1) is 14.1. The Labute approximate surface area is 168 Å². The second-order valence-corrected chi connectivity index (χ2v) is 6.92. The quantitative estimate of drug-likeness (QED) is 0.556. The molecule has 1 atom stereocenters. The highest BCUT2D eigenvalue weighted by Crippen LogP contribution is 2.27. The van der Waals surface area contributed by atoms with Crippen molar-refractivity contribution in [2.75, 3.05) is 0 Å². The van der Waals surface area contributed by atoms with E-state index in [2.05, 4.69) is 10.3 Å². The zero-order valence-corrected chi connectivity index (χ0v) is 16.2. The van der Waals surface area contributed by atoms with Gasteiger partial charge in [0.1, 0.15) is 5.76 Å². The van der Waals surface area contributed by atoms with E-state index in [1.165, 1.54) is 0 Å². The van der Waals surface area contributed by atoms with E-state index < -0.39 is 0 Å². The van der Waals surface area contributed by atoms with Gasteiger partial charge in [0, 0.05) is 23.5 Å². The Balaban J connectivity index is 1.80. The summed E-state index contributed by atoms with van der Waals surface area (Å²) in [6, 6.07) is 18.0. The second-order valence-electron chi connectivity index (χ2n) is 6.92. The number of para-hydroxylation sites is 1. The molecule has 0 aliphatic heterocycles. The number of fused-ring (bicyclic) bond motifs is 1. The van der Waals surface area contributed by atoms with E-state index >= 15 is 0 Å². The third-order valence-electron chi connectivity index (χ3n) is 4.96. The topological polar surface area (TPSA) is 72.2 Å². The van der Waals surface area contributed by atoms with Crippen LogP contribution in [-0.4, -0.2) is 10.9 Å². The number of nitrogens with zero attached hydrogens (tertiary/aromatic N) is 1. The van der Waals surface area contributed by atoms with Gasteiger partial charge in [-0.1, -0.05) is 42.5 Å². The lowest BCUT2D eigenvalue weighted by Gasteiger charge is -2.15. The molecule has 0 radical (unpaired) electrons. The van der Waals surface area contributed by atoms with Crippen LogP contribution in [0.2, 0.25) is 0 Å². The molecule has 1 unspecified atom stereocenters. The summed E-state index contributed by atoms with van der Waals surface area (Å²) < 4.78 is 6.13. The SMILES string of the molecule is Cc1c(-c2ccccc2)oc2c(C(=O)NC(C)c3cccnc3)cccc2c1=O. The molecule has 1 amide bonds. The van der Waals surface area contributed by atoms with Crippen LogP contribution in [-0.2, 0) is 0 Å². The Bertz CT molecular complexity index is 1230. The molecule has 2 aromatic carbocycles. The van der Waals surface area contributed by atoms with Crippen LogP contribution < -0.4 is 10.7 Å². The second kappa shape index (κ2) is 7.72. The molecule has 2 aromatic heterocycles. The summed E-state index contributed by atoms with van der Waals surface area (Å²) in [5, 5.41) is 3.35. The summed E-state index contributed by atoms with van der Waals surface area (Å²) in [4.78, 5) is 30.0. The zero-order valence-electron chi connectivity index (χ0n) is 16.2. The van der Waals surface area contributed by atoms with Gasteiger partial charge in [-0.05, 0) is 37.6 Å². The number of hydrogen-bond donors (Lipinski definition) is 1. The van der Waals surface area contributed by atoms with Gasteiger partial charge < -0.3 is 9.73 Å². The number of carbonyl (C=O) groups is 1. The van der Waals surface area contributed by atoms with E-state index in [0.29, 0.717) is 22.3 Å². The Morgan fingerprint density at radius 2 is 1.83 bits per heavy atom. The van der Waals surface area contributed by atoms with Gasteiger partial charge in [-0.2, -0.15) is 0 Å². The molecule has 4 rings (SSSR count). The van der Waals surface area contributed by atoms with Crippen LogP contribution in [0.15, 0.2) is 82.3 Å². The van der Waals surface area contributed by atoms with Crippen molar-refractivity contribution in [3.8, 4) is 11.3 Å². The highest BCUT2D eigenvalue weighted by molar-refractivity contribution is 6.05. The van der Waals surface area contributed by atoms with Crippen molar-refractivity contribution in [1.29, 1.82) is 0 Å². The summed E-state index contributed by atoms with van der Waals surface area (Å²) in [6.07, 6.45) is 3.40. The van der Waals surface area contributed by atoms with Crippen molar-refractivity contribution < 1.29 is 9.21 Å². The van der Waals surface area contributed by atoms with Crippen LogP contribution in [0.5, 0.6) is 0 Å². The first-order valence-corrected chi connectivity index (χ1v) is 9.39. The fraction of sp³-hybridized carbons (Fsp3) is 0.125. The van der Waals surface area contributed by atoms with E-state index in [1.54, 1.807) is 37.5 Å². The molecule has 0 spiro atoms. The minimum atomic E-state index is -0.307. The number of pyridine rings is 1. The molecule has 0 fully saturated rings.